The normalized spacial score (nSPS) is 12.3. The summed E-state index contributed by atoms with van der Waals surface area (Å²) in [7, 11) is 0. The van der Waals surface area contributed by atoms with E-state index in [9.17, 15) is 5.11 Å². The highest BCUT2D eigenvalue weighted by atomic mass is 16.3. The fourth-order valence-electron chi connectivity index (χ4n) is 1.29. The minimum atomic E-state index is -0.610. The van der Waals surface area contributed by atoms with Crippen LogP contribution in [0.25, 0.3) is 0 Å². The van der Waals surface area contributed by atoms with Gasteiger partial charge < -0.3 is 5.11 Å². The molecule has 0 radical (unpaired) electrons. The second-order valence-corrected chi connectivity index (χ2v) is 3.76. The van der Waals surface area contributed by atoms with E-state index in [4.69, 9.17) is 10.8 Å². The molecule has 0 aliphatic heterocycles. The van der Waals surface area contributed by atoms with E-state index in [1.807, 2.05) is 30.3 Å². The Kier molecular flexibility index (Phi) is 4.92. The van der Waals surface area contributed by atoms with E-state index in [0.29, 0.717) is 0 Å². The molecule has 18 heavy (non-hydrogen) atoms. The van der Waals surface area contributed by atoms with Gasteiger partial charge in [-0.15, -0.1) is 0 Å². The summed E-state index contributed by atoms with van der Waals surface area (Å²) in [6.45, 7) is 3.26. The van der Waals surface area contributed by atoms with E-state index >= 15 is 0 Å². The highest BCUT2D eigenvalue weighted by Crippen LogP contribution is 2.00. The number of hydrogen-bond donors (Lipinski definition) is 2. The minimum Gasteiger partial charge on any atom is -0.857 e. The van der Waals surface area contributed by atoms with Crippen LogP contribution < -0.4 is 5.11 Å². The predicted molar refractivity (Wildman–Crippen MR) is 71.8 cm³/mol. The monoisotopic (exact) mass is 243 g/mol. The molecule has 0 aliphatic rings. The molecule has 94 valence electrons. The topological polar surface area (TPSA) is 95.5 Å². The Morgan fingerprint density at radius 3 is 2.33 bits per heavy atom. The van der Waals surface area contributed by atoms with Crippen LogP contribution in [0.1, 0.15) is 19.4 Å². The van der Waals surface area contributed by atoms with Gasteiger partial charge in [0.05, 0.1) is 18.0 Å². The number of nitrogens with one attached hydrogen (secondary N) is 2. The molecule has 0 bridgehead atoms. The molecule has 0 spiro atoms. The number of rotatable bonds is 4. The first-order chi connectivity index (χ1) is 8.50. The Labute approximate surface area is 106 Å². The maximum atomic E-state index is 11.6. The molecule has 5 nitrogen and oxygen atoms in total. The largest absolute Gasteiger partial charge is 0.857 e. The summed E-state index contributed by atoms with van der Waals surface area (Å²) in [6.07, 6.45) is 0. The lowest BCUT2D eigenvalue weighted by Crippen LogP contribution is -2.32. The summed E-state index contributed by atoms with van der Waals surface area (Å²) >= 11 is 0. The zero-order chi connectivity index (χ0) is 13.5. The molecule has 0 saturated heterocycles. The highest BCUT2D eigenvalue weighted by Gasteiger charge is 2.01. The average molecular weight is 243 g/mol. The molecular weight excluding hydrogens is 228 g/mol. The first-order valence-electron chi connectivity index (χ1n) is 5.46. The van der Waals surface area contributed by atoms with Crippen LogP contribution in [0.2, 0.25) is 0 Å². The molecule has 0 aliphatic carbocycles. The first kappa shape index (κ1) is 13.8. The fraction of sp³-hybridized carbons (Fsp3) is 0.231. The van der Waals surface area contributed by atoms with Crippen molar-refractivity contribution < 1.29 is 5.11 Å². The molecule has 0 heterocycles. The number of hydrogen-bond acceptors (Lipinski definition) is 4. The van der Waals surface area contributed by atoms with Gasteiger partial charge in [0.2, 0.25) is 0 Å². The molecule has 5 heteroatoms. The minimum absolute atomic E-state index is 0.0631. The van der Waals surface area contributed by atoms with Gasteiger partial charge in [0, 0.05) is 5.90 Å². The smallest absolute Gasteiger partial charge is 0.117 e. The van der Waals surface area contributed by atoms with Crippen LogP contribution >= 0.6 is 0 Å². The maximum Gasteiger partial charge on any atom is 0.117 e. The molecular formula is C13H15N4O-. The molecule has 0 atom stereocenters. The van der Waals surface area contributed by atoms with Gasteiger partial charge >= 0.3 is 0 Å². The summed E-state index contributed by atoms with van der Waals surface area (Å²) in [5.41, 5.74) is 0.860. The molecule has 0 fully saturated rings. The molecule has 2 N–H and O–H groups in total. The molecule has 0 aromatic heterocycles. The summed E-state index contributed by atoms with van der Waals surface area (Å²) in [4.78, 5) is 7.56. The predicted octanol–water partition coefficient (Wildman–Crippen LogP) is 1.42. The Morgan fingerprint density at radius 2 is 1.78 bits per heavy atom. The van der Waals surface area contributed by atoms with Crippen LogP contribution in [0.3, 0.4) is 0 Å². The lowest BCUT2D eigenvalue weighted by atomic mass is 10.2. The molecule has 0 amide bonds. The van der Waals surface area contributed by atoms with Crippen molar-refractivity contribution in [3.8, 4) is 0 Å². The van der Waals surface area contributed by atoms with Gasteiger partial charge in [-0.05, 0) is 19.4 Å². The SMILES string of the molecule is CC(=N)N=C(C)C(=N)C([O-])=NCc1ccccc1. The van der Waals surface area contributed by atoms with Crippen molar-refractivity contribution in [2.45, 2.75) is 20.4 Å². The number of nitrogens with zero attached hydrogens (tertiary/aromatic N) is 2. The van der Waals surface area contributed by atoms with Gasteiger partial charge in [-0.25, -0.2) is 4.99 Å². The van der Waals surface area contributed by atoms with E-state index < -0.39 is 5.90 Å². The Bertz CT molecular complexity index is 503. The van der Waals surface area contributed by atoms with Crippen molar-refractivity contribution in [2.24, 2.45) is 9.98 Å². The summed E-state index contributed by atoms with van der Waals surface area (Å²) in [6, 6.07) is 9.35. The van der Waals surface area contributed by atoms with Crippen LogP contribution in [0.15, 0.2) is 40.3 Å². The summed E-state index contributed by atoms with van der Waals surface area (Å²) in [5.74, 6) is -0.547. The van der Waals surface area contributed by atoms with Crippen molar-refractivity contribution in [1.82, 2.24) is 0 Å². The molecule has 0 unspecified atom stereocenters. The van der Waals surface area contributed by atoms with Gasteiger partial charge in [-0.1, -0.05) is 30.3 Å². The zero-order valence-electron chi connectivity index (χ0n) is 10.4. The standard InChI is InChI=1S/C13H16N4O/c1-9(17-10(2)14)12(15)13(18)16-8-11-6-4-3-5-7-11/h3-7,14-15H,8H2,1-2H3,(H,16,18)/p-1. The van der Waals surface area contributed by atoms with Crippen molar-refractivity contribution in [1.29, 1.82) is 10.8 Å². The van der Waals surface area contributed by atoms with Gasteiger partial charge in [-0.2, -0.15) is 0 Å². The fourth-order valence-corrected chi connectivity index (χ4v) is 1.29. The molecule has 0 saturated carbocycles. The quantitative estimate of drug-likeness (QED) is 0.607. The third kappa shape index (κ3) is 4.29. The number of amidine groups is 1. The van der Waals surface area contributed by atoms with Gasteiger partial charge in [0.1, 0.15) is 5.84 Å². The Morgan fingerprint density at radius 1 is 1.17 bits per heavy atom. The average Bonchev–Trinajstić information content (AvgIpc) is 2.35. The van der Waals surface area contributed by atoms with Gasteiger partial charge in [0.25, 0.3) is 0 Å². The van der Waals surface area contributed by atoms with E-state index in [0.717, 1.165) is 5.56 Å². The van der Waals surface area contributed by atoms with E-state index in [2.05, 4.69) is 9.98 Å². The van der Waals surface area contributed by atoms with Crippen molar-refractivity contribution in [3.05, 3.63) is 35.9 Å². The third-order valence-electron chi connectivity index (χ3n) is 2.16. The van der Waals surface area contributed by atoms with Crippen LogP contribution in [0, 0.1) is 10.8 Å². The second kappa shape index (κ2) is 6.44. The second-order valence-electron chi connectivity index (χ2n) is 3.76. The first-order valence-corrected chi connectivity index (χ1v) is 5.46. The number of benzene rings is 1. The molecule has 1 rings (SSSR count). The van der Waals surface area contributed by atoms with Crippen molar-refractivity contribution >= 4 is 23.2 Å². The van der Waals surface area contributed by atoms with Gasteiger partial charge in [-0.3, -0.25) is 15.8 Å². The van der Waals surface area contributed by atoms with Gasteiger partial charge in [0.15, 0.2) is 0 Å². The van der Waals surface area contributed by atoms with Crippen LogP contribution in [0.5, 0.6) is 0 Å². The Hall–Kier alpha value is -2.30. The lowest BCUT2D eigenvalue weighted by Gasteiger charge is -2.11. The molecule has 1 aromatic carbocycles. The van der Waals surface area contributed by atoms with E-state index in [1.54, 1.807) is 0 Å². The summed E-state index contributed by atoms with van der Waals surface area (Å²) < 4.78 is 0. The number of aliphatic imine (C=N–C) groups is 2. The highest BCUT2D eigenvalue weighted by molar-refractivity contribution is 6.65. The molecule has 1 aromatic rings. The Balaban J connectivity index is 2.73. The maximum absolute atomic E-state index is 11.6. The lowest BCUT2D eigenvalue weighted by molar-refractivity contribution is -0.209. The van der Waals surface area contributed by atoms with Crippen LogP contribution in [-0.4, -0.2) is 23.2 Å². The van der Waals surface area contributed by atoms with Crippen molar-refractivity contribution in [3.63, 3.8) is 0 Å². The summed E-state index contributed by atoms with van der Waals surface area (Å²) in [5, 5.41) is 26.4. The van der Waals surface area contributed by atoms with E-state index in [-0.39, 0.29) is 23.8 Å². The zero-order valence-corrected chi connectivity index (χ0v) is 10.4. The third-order valence-corrected chi connectivity index (χ3v) is 2.16. The van der Waals surface area contributed by atoms with Crippen LogP contribution in [-0.2, 0) is 6.54 Å². The van der Waals surface area contributed by atoms with E-state index in [1.165, 1.54) is 13.8 Å². The van der Waals surface area contributed by atoms with Crippen molar-refractivity contribution in [2.75, 3.05) is 0 Å². The van der Waals surface area contributed by atoms with Crippen LogP contribution in [0.4, 0.5) is 0 Å².